The fourth-order valence-corrected chi connectivity index (χ4v) is 2.58. The van der Waals surface area contributed by atoms with E-state index in [1.807, 2.05) is 18.4 Å². The zero-order valence-corrected chi connectivity index (χ0v) is 10.8. The van der Waals surface area contributed by atoms with Gasteiger partial charge in [0.05, 0.1) is 0 Å². The smallest absolute Gasteiger partial charge is 0.189 e. The standard InChI is InChI=1S/C10H8ClN3S2/c1-15-10-13-8(11)6-9(14-10)16-7-2-4-12-5-3-7/h2-6H,1H3. The third-order valence-electron chi connectivity index (χ3n) is 1.71. The molecule has 6 heteroatoms. The molecule has 0 unspecified atom stereocenters. The van der Waals surface area contributed by atoms with Crippen LogP contribution in [-0.4, -0.2) is 21.2 Å². The zero-order valence-electron chi connectivity index (χ0n) is 8.42. The SMILES string of the molecule is CSc1nc(Cl)cc(Sc2ccncc2)n1. The molecule has 2 aromatic heterocycles. The first kappa shape index (κ1) is 11.7. The van der Waals surface area contributed by atoms with Crippen molar-refractivity contribution in [3.8, 4) is 0 Å². The highest BCUT2D eigenvalue weighted by atomic mass is 35.5. The second-order valence-corrected chi connectivity index (χ2v) is 5.06. The third kappa shape index (κ3) is 3.10. The Morgan fingerprint density at radius 1 is 1.19 bits per heavy atom. The summed E-state index contributed by atoms with van der Waals surface area (Å²) in [5, 5.41) is 2.00. The second-order valence-electron chi connectivity index (χ2n) is 2.80. The highest BCUT2D eigenvalue weighted by Gasteiger charge is 2.04. The van der Waals surface area contributed by atoms with Gasteiger partial charge >= 0.3 is 0 Å². The first-order chi connectivity index (χ1) is 7.78. The number of pyridine rings is 1. The van der Waals surface area contributed by atoms with Crippen LogP contribution in [0.4, 0.5) is 0 Å². The number of hydrogen-bond donors (Lipinski definition) is 0. The average Bonchev–Trinajstić information content (AvgIpc) is 2.29. The lowest BCUT2D eigenvalue weighted by Gasteiger charge is -2.02. The van der Waals surface area contributed by atoms with Crippen LogP contribution in [0.3, 0.4) is 0 Å². The summed E-state index contributed by atoms with van der Waals surface area (Å²) in [7, 11) is 0. The topological polar surface area (TPSA) is 38.7 Å². The molecule has 2 aromatic rings. The summed E-state index contributed by atoms with van der Waals surface area (Å²) in [6.45, 7) is 0. The van der Waals surface area contributed by atoms with Gasteiger partial charge < -0.3 is 0 Å². The molecule has 0 bridgehead atoms. The molecule has 2 heterocycles. The first-order valence-electron chi connectivity index (χ1n) is 4.44. The summed E-state index contributed by atoms with van der Waals surface area (Å²) in [5.74, 6) is 0. The van der Waals surface area contributed by atoms with Crippen LogP contribution in [0.25, 0.3) is 0 Å². The predicted octanol–water partition coefficient (Wildman–Crippen LogP) is 3.40. The molecule has 0 radical (unpaired) electrons. The lowest BCUT2D eigenvalue weighted by molar-refractivity contribution is 0.894. The van der Waals surface area contributed by atoms with Crippen LogP contribution in [-0.2, 0) is 0 Å². The molecule has 0 aliphatic rings. The molecule has 0 aliphatic carbocycles. The van der Waals surface area contributed by atoms with Gasteiger partial charge in [-0.25, -0.2) is 9.97 Å². The Bertz CT molecular complexity index is 479. The lowest BCUT2D eigenvalue weighted by atomic mass is 10.5. The van der Waals surface area contributed by atoms with Crippen LogP contribution in [0.5, 0.6) is 0 Å². The number of nitrogens with zero attached hydrogens (tertiary/aromatic N) is 3. The van der Waals surface area contributed by atoms with Crippen molar-refractivity contribution in [3.63, 3.8) is 0 Å². The van der Waals surface area contributed by atoms with E-state index in [0.717, 1.165) is 9.92 Å². The maximum Gasteiger partial charge on any atom is 0.189 e. The Morgan fingerprint density at radius 3 is 2.62 bits per heavy atom. The van der Waals surface area contributed by atoms with Crippen LogP contribution < -0.4 is 0 Å². The molecule has 0 saturated carbocycles. The number of aromatic nitrogens is 3. The van der Waals surface area contributed by atoms with Gasteiger partial charge in [0.2, 0.25) is 0 Å². The Hall–Kier alpha value is -0.780. The summed E-state index contributed by atoms with van der Waals surface area (Å²) in [4.78, 5) is 13.5. The number of thioether (sulfide) groups is 1. The normalized spacial score (nSPS) is 10.4. The molecule has 0 N–H and O–H groups in total. The van der Waals surface area contributed by atoms with Crippen molar-refractivity contribution in [3.05, 3.63) is 35.7 Å². The van der Waals surface area contributed by atoms with E-state index in [9.17, 15) is 0 Å². The van der Waals surface area contributed by atoms with Crippen molar-refractivity contribution < 1.29 is 0 Å². The summed E-state index contributed by atoms with van der Waals surface area (Å²) in [5.41, 5.74) is 0. The zero-order chi connectivity index (χ0) is 11.4. The summed E-state index contributed by atoms with van der Waals surface area (Å²) >= 11 is 8.92. The highest BCUT2D eigenvalue weighted by molar-refractivity contribution is 7.99. The minimum atomic E-state index is 0.468. The summed E-state index contributed by atoms with van der Waals surface area (Å²) < 4.78 is 0. The molecule has 0 aromatic carbocycles. The van der Waals surface area contributed by atoms with E-state index >= 15 is 0 Å². The van der Waals surface area contributed by atoms with E-state index in [0.29, 0.717) is 10.3 Å². The van der Waals surface area contributed by atoms with Gasteiger partial charge in [0.15, 0.2) is 5.16 Å². The molecule has 0 atom stereocenters. The maximum atomic E-state index is 5.90. The molecule has 0 spiro atoms. The van der Waals surface area contributed by atoms with Crippen molar-refractivity contribution in [1.82, 2.24) is 15.0 Å². The monoisotopic (exact) mass is 269 g/mol. The van der Waals surface area contributed by atoms with Crippen molar-refractivity contribution >= 4 is 35.1 Å². The van der Waals surface area contributed by atoms with Crippen LogP contribution in [0.1, 0.15) is 0 Å². The summed E-state index contributed by atoms with van der Waals surface area (Å²) in [6.07, 6.45) is 5.42. The van der Waals surface area contributed by atoms with Gasteiger partial charge in [0.25, 0.3) is 0 Å². The molecule has 0 amide bonds. The highest BCUT2D eigenvalue weighted by Crippen LogP contribution is 2.28. The second kappa shape index (κ2) is 5.52. The summed E-state index contributed by atoms with van der Waals surface area (Å²) in [6, 6.07) is 5.62. The molecule has 16 heavy (non-hydrogen) atoms. The van der Waals surface area contributed by atoms with E-state index in [2.05, 4.69) is 15.0 Å². The molecule has 2 rings (SSSR count). The Labute approximate surface area is 107 Å². The van der Waals surface area contributed by atoms with Gasteiger partial charge in [0.1, 0.15) is 10.2 Å². The molecule has 0 saturated heterocycles. The molecule has 82 valence electrons. The van der Waals surface area contributed by atoms with Crippen molar-refractivity contribution in [2.75, 3.05) is 6.26 Å². The van der Waals surface area contributed by atoms with Gasteiger partial charge in [-0.05, 0) is 18.4 Å². The molecule has 3 nitrogen and oxygen atoms in total. The molecular formula is C10H8ClN3S2. The quantitative estimate of drug-likeness (QED) is 0.485. The molecular weight excluding hydrogens is 262 g/mol. The van der Waals surface area contributed by atoms with Crippen molar-refractivity contribution in [2.24, 2.45) is 0 Å². The van der Waals surface area contributed by atoms with Gasteiger partial charge in [-0.3, -0.25) is 4.98 Å². The minimum Gasteiger partial charge on any atom is -0.265 e. The number of halogens is 1. The number of rotatable bonds is 3. The van der Waals surface area contributed by atoms with Gasteiger partial charge in [-0.2, -0.15) is 0 Å². The van der Waals surface area contributed by atoms with Gasteiger partial charge in [-0.15, -0.1) is 0 Å². The molecule has 0 fully saturated rings. The van der Waals surface area contributed by atoms with Gasteiger partial charge in [-0.1, -0.05) is 35.1 Å². The van der Waals surface area contributed by atoms with E-state index in [4.69, 9.17) is 11.6 Å². The largest absolute Gasteiger partial charge is 0.265 e. The van der Waals surface area contributed by atoms with Crippen LogP contribution in [0, 0.1) is 0 Å². The van der Waals surface area contributed by atoms with Crippen LogP contribution in [0.15, 0.2) is 45.7 Å². The van der Waals surface area contributed by atoms with Crippen molar-refractivity contribution in [1.29, 1.82) is 0 Å². The Morgan fingerprint density at radius 2 is 1.94 bits per heavy atom. The number of hydrogen-bond acceptors (Lipinski definition) is 5. The minimum absolute atomic E-state index is 0.468. The van der Waals surface area contributed by atoms with Crippen LogP contribution >= 0.6 is 35.1 Å². The average molecular weight is 270 g/mol. The van der Waals surface area contributed by atoms with E-state index in [1.54, 1.807) is 30.2 Å². The fraction of sp³-hybridized carbons (Fsp3) is 0.100. The predicted molar refractivity (Wildman–Crippen MR) is 67.2 cm³/mol. The fourth-order valence-electron chi connectivity index (χ4n) is 1.05. The van der Waals surface area contributed by atoms with E-state index in [-0.39, 0.29) is 0 Å². The first-order valence-corrected chi connectivity index (χ1v) is 6.86. The Balaban J connectivity index is 2.24. The van der Waals surface area contributed by atoms with Crippen LogP contribution in [0.2, 0.25) is 5.15 Å². The lowest BCUT2D eigenvalue weighted by Crippen LogP contribution is -1.88. The van der Waals surface area contributed by atoms with Gasteiger partial charge in [0, 0.05) is 23.4 Å². The molecule has 0 aliphatic heterocycles. The maximum absolute atomic E-state index is 5.90. The Kier molecular flexibility index (Phi) is 4.04. The third-order valence-corrected chi connectivity index (χ3v) is 3.37. The van der Waals surface area contributed by atoms with E-state index < -0.39 is 0 Å². The van der Waals surface area contributed by atoms with Crippen molar-refractivity contribution in [2.45, 2.75) is 15.1 Å². The van der Waals surface area contributed by atoms with E-state index in [1.165, 1.54) is 11.8 Å².